The molecule has 1 amide bonds. The Morgan fingerprint density at radius 3 is 2.41 bits per heavy atom. The molecule has 0 bridgehead atoms. The van der Waals surface area contributed by atoms with E-state index in [1.54, 1.807) is 66.4 Å². The molecule has 4 rings (SSSR count). The van der Waals surface area contributed by atoms with Crippen LogP contribution in [0, 0.1) is 0 Å². The fourth-order valence-electron chi connectivity index (χ4n) is 3.24. The van der Waals surface area contributed by atoms with Crippen molar-refractivity contribution in [3.63, 3.8) is 0 Å². The second-order valence-corrected chi connectivity index (χ2v) is 8.06. The van der Waals surface area contributed by atoms with E-state index in [0.29, 0.717) is 28.1 Å². The number of fused-ring (bicyclic) bond motifs is 1. The maximum atomic E-state index is 12.2. The van der Waals surface area contributed by atoms with Crippen LogP contribution in [0.15, 0.2) is 77.7 Å². The number of carbonyl (C=O) groups excluding carboxylic acids is 2. The largest absolute Gasteiger partial charge is 0.426 e. The van der Waals surface area contributed by atoms with E-state index in [4.69, 9.17) is 0 Å². The molecular formula is C25H21N3O3S. The number of rotatable bonds is 6. The molecule has 0 aliphatic heterocycles. The monoisotopic (exact) mass is 443 g/mol. The second kappa shape index (κ2) is 9.11. The number of imidazole rings is 1. The minimum absolute atomic E-state index is 0.00296. The van der Waals surface area contributed by atoms with Crippen LogP contribution in [-0.2, 0) is 4.79 Å². The van der Waals surface area contributed by atoms with Crippen molar-refractivity contribution >= 4 is 46.2 Å². The minimum atomic E-state index is -0.271. The fraction of sp³-hybridized carbons (Fsp3) is 0.0800. The lowest BCUT2D eigenvalue weighted by atomic mass is 10.1. The Kier molecular flexibility index (Phi) is 6.09. The van der Waals surface area contributed by atoms with Gasteiger partial charge in [0, 0.05) is 27.8 Å². The van der Waals surface area contributed by atoms with E-state index >= 15 is 0 Å². The van der Waals surface area contributed by atoms with E-state index in [1.165, 1.54) is 13.0 Å². The smallest absolute Gasteiger partial charge is 0.248 e. The molecule has 0 aliphatic rings. The van der Waals surface area contributed by atoms with E-state index in [0.717, 1.165) is 20.8 Å². The zero-order chi connectivity index (χ0) is 22.7. The number of amides is 1. The van der Waals surface area contributed by atoms with Crippen LogP contribution in [0.25, 0.3) is 28.5 Å². The van der Waals surface area contributed by atoms with Gasteiger partial charge in [-0.2, -0.15) is 4.73 Å². The topological polar surface area (TPSA) is 84.2 Å². The molecule has 7 heteroatoms. The molecule has 3 aromatic carbocycles. The molecule has 4 aromatic rings. The molecule has 0 unspecified atom stereocenters. The average Bonchev–Trinajstić information content (AvgIpc) is 3.14. The summed E-state index contributed by atoms with van der Waals surface area (Å²) in [5.74, 6) is 0.167. The van der Waals surface area contributed by atoms with Crippen molar-refractivity contribution in [3.05, 3.63) is 83.9 Å². The van der Waals surface area contributed by atoms with Crippen molar-refractivity contribution in [1.82, 2.24) is 9.71 Å². The molecular weight excluding hydrogens is 422 g/mol. The highest BCUT2D eigenvalue weighted by Crippen LogP contribution is 2.27. The van der Waals surface area contributed by atoms with E-state index in [9.17, 15) is 14.8 Å². The number of thioether (sulfide) groups is 1. The molecule has 2 N–H and O–H groups in total. The Balaban J connectivity index is 1.45. The third kappa shape index (κ3) is 4.58. The summed E-state index contributed by atoms with van der Waals surface area (Å²) in [7, 11) is 0. The van der Waals surface area contributed by atoms with Gasteiger partial charge in [-0.25, -0.2) is 4.98 Å². The number of nitrogens with one attached hydrogen (secondary N) is 1. The number of carbonyl (C=O) groups is 2. The molecule has 0 saturated carbocycles. The molecule has 0 saturated heterocycles. The molecule has 1 aromatic heterocycles. The van der Waals surface area contributed by atoms with Gasteiger partial charge in [-0.15, -0.1) is 11.8 Å². The number of ketones is 1. The first-order valence-electron chi connectivity index (χ1n) is 9.91. The van der Waals surface area contributed by atoms with Crippen molar-refractivity contribution in [2.24, 2.45) is 0 Å². The normalized spacial score (nSPS) is 11.2. The molecule has 1 heterocycles. The number of hydrogen-bond donors (Lipinski definition) is 2. The molecule has 0 radical (unpaired) electrons. The van der Waals surface area contributed by atoms with Crippen molar-refractivity contribution in [3.8, 4) is 11.4 Å². The van der Waals surface area contributed by atoms with Crippen LogP contribution in [0.3, 0.4) is 0 Å². The fourth-order valence-corrected chi connectivity index (χ4v) is 3.68. The highest BCUT2D eigenvalue weighted by Gasteiger charge is 2.12. The number of nitrogens with zero attached hydrogens (tertiary/aromatic N) is 2. The standard InChI is InChI=1S/C25H21N3O3S/c1-16(29)18-6-3-17(4-7-18)5-14-24(30)26-20-10-8-19(9-11-20)25-27-22-13-12-21(32-2)15-23(22)28(25)31/h3-15,31H,1-2H3,(H,26,30)/b14-5+. The average molecular weight is 444 g/mol. The summed E-state index contributed by atoms with van der Waals surface area (Å²) < 4.78 is 1.09. The molecule has 160 valence electrons. The van der Waals surface area contributed by atoms with E-state index in [2.05, 4.69) is 10.3 Å². The quantitative estimate of drug-likeness (QED) is 0.177. The summed E-state index contributed by atoms with van der Waals surface area (Å²) in [5.41, 5.74) is 4.17. The van der Waals surface area contributed by atoms with E-state index in [1.807, 2.05) is 24.5 Å². The summed E-state index contributed by atoms with van der Waals surface area (Å²) in [6, 6.07) is 19.9. The first-order valence-corrected chi connectivity index (χ1v) is 11.1. The SMILES string of the molecule is CSc1ccc2nc(-c3ccc(NC(=O)/C=C/c4ccc(C(C)=O)cc4)cc3)n(O)c2c1. The lowest BCUT2D eigenvalue weighted by Crippen LogP contribution is -2.07. The molecule has 32 heavy (non-hydrogen) atoms. The lowest BCUT2D eigenvalue weighted by Gasteiger charge is -2.05. The van der Waals surface area contributed by atoms with Crippen LogP contribution >= 0.6 is 11.8 Å². The Hall–Kier alpha value is -3.84. The zero-order valence-corrected chi connectivity index (χ0v) is 18.4. The highest BCUT2D eigenvalue weighted by molar-refractivity contribution is 7.98. The molecule has 0 atom stereocenters. The van der Waals surface area contributed by atoms with Crippen molar-refractivity contribution in [2.75, 3.05) is 11.6 Å². The number of hydrogen-bond acceptors (Lipinski definition) is 5. The highest BCUT2D eigenvalue weighted by atomic mass is 32.2. The summed E-state index contributed by atoms with van der Waals surface area (Å²) in [6.45, 7) is 1.52. The van der Waals surface area contributed by atoms with Gasteiger partial charge in [0.15, 0.2) is 11.6 Å². The number of Topliss-reactive ketones (excluding diaryl/α,β-unsaturated/α-hetero) is 1. The molecule has 0 fully saturated rings. The van der Waals surface area contributed by atoms with Gasteiger partial charge in [0.05, 0.1) is 5.52 Å². The van der Waals surface area contributed by atoms with Gasteiger partial charge >= 0.3 is 0 Å². The Morgan fingerprint density at radius 1 is 1.03 bits per heavy atom. The Morgan fingerprint density at radius 2 is 1.75 bits per heavy atom. The summed E-state index contributed by atoms with van der Waals surface area (Å²) >= 11 is 1.60. The van der Waals surface area contributed by atoms with Gasteiger partial charge in [-0.05, 0) is 67.3 Å². The minimum Gasteiger partial charge on any atom is -0.426 e. The lowest BCUT2D eigenvalue weighted by molar-refractivity contribution is -0.111. The van der Waals surface area contributed by atoms with Gasteiger partial charge in [-0.1, -0.05) is 24.3 Å². The van der Waals surface area contributed by atoms with Gasteiger partial charge < -0.3 is 10.5 Å². The number of aromatic nitrogens is 2. The van der Waals surface area contributed by atoms with Crippen LogP contribution in [-0.4, -0.2) is 32.9 Å². The maximum absolute atomic E-state index is 12.2. The first kappa shape index (κ1) is 21.4. The molecule has 6 nitrogen and oxygen atoms in total. The van der Waals surface area contributed by atoms with Crippen molar-refractivity contribution < 1.29 is 14.8 Å². The van der Waals surface area contributed by atoms with Crippen molar-refractivity contribution in [1.29, 1.82) is 0 Å². The van der Waals surface area contributed by atoms with Crippen LogP contribution in [0.1, 0.15) is 22.8 Å². The molecule has 0 aliphatic carbocycles. The predicted octanol–water partition coefficient (Wildman–Crippen LogP) is 5.52. The Bertz CT molecular complexity index is 1320. The van der Waals surface area contributed by atoms with Crippen LogP contribution in [0.5, 0.6) is 0 Å². The summed E-state index contributed by atoms with van der Waals surface area (Å²) in [5, 5.41) is 13.4. The first-order chi connectivity index (χ1) is 15.4. The van der Waals surface area contributed by atoms with Gasteiger partial charge in [0.1, 0.15) is 5.52 Å². The maximum Gasteiger partial charge on any atom is 0.248 e. The van der Waals surface area contributed by atoms with Gasteiger partial charge in [0.2, 0.25) is 5.91 Å². The number of benzene rings is 3. The van der Waals surface area contributed by atoms with Crippen LogP contribution in [0.4, 0.5) is 5.69 Å². The van der Waals surface area contributed by atoms with E-state index < -0.39 is 0 Å². The number of anilines is 1. The molecule has 0 spiro atoms. The van der Waals surface area contributed by atoms with Gasteiger partial charge in [0.25, 0.3) is 0 Å². The third-order valence-electron chi connectivity index (χ3n) is 4.99. The third-order valence-corrected chi connectivity index (χ3v) is 5.72. The van der Waals surface area contributed by atoms with Crippen molar-refractivity contribution in [2.45, 2.75) is 11.8 Å². The van der Waals surface area contributed by atoms with Crippen LogP contribution < -0.4 is 5.32 Å². The zero-order valence-electron chi connectivity index (χ0n) is 17.6. The Labute approximate surface area is 189 Å². The predicted molar refractivity (Wildman–Crippen MR) is 128 cm³/mol. The van der Waals surface area contributed by atoms with E-state index in [-0.39, 0.29) is 11.7 Å². The summed E-state index contributed by atoms with van der Waals surface area (Å²) in [6.07, 6.45) is 5.10. The second-order valence-electron chi connectivity index (χ2n) is 7.18. The summed E-state index contributed by atoms with van der Waals surface area (Å²) in [4.78, 5) is 29.1. The van der Waals surface area contributed by atoms with Gasteiger partial charge in [-0.3, -0.25) is 9.59 Å². The van der Waals surface area contributed by atoms with Crippen LogP contribution in [0.2, 0.25) is 0 Å².